The van der Waals surface area contributed by atoms with Crippen LogP contribution in [0, 0.1) is 0 Å². The first-order valence-electron chi connectivity index (χ1n) is 6.11. The lowest BCUT2D eigenvalue weighted by molar-refractivity contribution is -0.145. The Morgan fingerprint density at radius 3 is 2.94 bits per heavy atom. The van der Waals surface area contributed by atoms with Gasteiger partial charge in [0, 0.05) is 18.8 Å². The average Bonchev–Trinajstić information content (AvgIpc) is 2.37. The summed E-state index contributed by atoms with van der Waals surface area (Å²) in [4.78, 5) is 15.4. The highest BCUT2D eigenvalue weighted by Crippen LogP contribution is 2.07. The fourth-order valence-electron chi connectivity index (χ4n) is 1.53. The van der Waals surface area contributed by atoms with Crippen LogP contribution in [0.2, 0.25) is 0 Å². The van der Waals surface area contributed by atoms with E-state index in [0.717, 1.165) is 5.69 Å². The van der Waals surface area contributed by atoms with Gasteiger partial charge in [0.25, 0.3) is 0 Å². The summed E-state index contributed by atoms with van der Waals surface area (Å²) in [6.45, 7) is 4.37. The van der Waals surface area contributed by atoms with E-state index in [4.69, 9.17) is 4.74 Å². The third-order valence-electron chi connectivity index (χ3n) is 2.50. The quantitative estimate of drug-likeness (QED) is 0.710. The number of hydrogen-bond acceptors (Lipinski definition) is 5. The molecule has 0 aliphatic rings. The molecule has 100 valence electrons. The molecule has 0 aliphatic heterocycles. The van der Waals surface area contributed by atoms with Crippen LogP contribution in [0.1, 0.15) is 32.0 Å². The minimum atomic E-state index is -0.741. The predicted molar refractivity (Wildman–Crippen MR) is 67.9 cm³/mol. The van der Waals surface area contributed by atoms with Gasteiger partial charge in [0.15, 0.2) is 0 Å². The van der Waals surface area contributed by atoms with E-state index in [9.17, 15) is 9.90 Å². The van der Waals surface area contributed by atoms with Crippen molar-refractivity contribution in [2.24, 2.45) is 0 Å². The molecular formula is C13H20N2O3. The maximum absolute atomic E-state index is 11.1. The molecule has 5 heteroatoms. The summed E-state index contributed by atoms with van der Waals surface area (Å²) >= 11 is 0. The lowest BCUT2D eigenvalue weighted by Crippen LogP contribution is -2.31. The highest BCUT2D eigenvalue weighted by atomic mass is 16.5. The number of carbonyl (C=O) groups is 1. The normalized spacial score (nSPS) is 13.9. The van der Waals surface area contributed by atoms with Crippen molar-refractivity contribution < 1.29 is 14.6 Å². The maximum atomic E-state index is 11.1. The first-order valence-corrected chi connectivity index (χ1v) is 6.11. The number of carbonyl (C=O) groups excluding carboxylic acids is 1. The van der Waals surface area contributed by atoms with E-state index >= 15 is 0 Å². The summed E-state index contributed by atoms with van der Waals surface area (Å²) in [7, 11) is 0. The largest absolute Gasteiger partial charge is 0.466 e. The summed E-state index contributed by atoms with van der Waals surface area (Å²) < 4.78 is 4.76. The van der Waals surface area contributed by atoms with E-state index in [-0.39, 0.29) is 18.4 Å². The molecule has 2 atom stereocenters. The molecule has 0 fully saturated rings. The second-order valence-corrected chi connectivity index (χ2v) is 4.05. The zero-order valence-corrected chi connectivity index (χ0v) is 10.8. The topological polar surface area (TPSA) is 71.5 Å². The molecule has 0 radical (unpaired) electrons. The zero-order chi connectivity index (χ0) is 13.4. The highest BCUT2D eigenvalue weighted by molar-refractivity contribution is 5.69. The van der Waals surface area contributed by atoms with E-state index in [2.05, 4.69) is 10.3 Å². The molecule has 2 N–H and O–H groups in total. The molecule has 0 saturated carbocycles. The fraction of sp³-hybridized carbons (Fsp3) is 0.538. The molecule has 0 bridgehead atoms. The molecule has 0 amide bonds. The summed E-state index contributed by atoms with van der Waals surface area (Å²) in [6.07, 6.45) is 0.994. The van der Waals surface area contributed by atoms with E-state index in [0.29, 0.717) is 13.2 Å². The van der Waals surface area contributed by atoms with Crippen LogP contribution in [0.25, 0.3) is 0 Å². The number of pyridine rings is 1. The SMILES string of the molecule is CCOC(=O)CC(O)CNC(C)c1ccccn1. The molecule has 18 heavy (non-hydrogen) atoms. The Bertz CT molecular complexity index is 357. The number of esters is 1. The minimum Gasteiger partial charge on any atom is -0.466 e. The van der Waals surface area contributed by atoms with Crippen molar-refractivity contribution >= 4 is 5.97 Å². The first-order chi connectivity index (χ1) is 8.63. The molecule has 2 unspecified atom stereocenters. The van der Waals surface area contributed by atoms with Crippen molar-refractivity contribution in [3.05, 3.63) is 30.1 Å². The van der Waals surface area contributed by atoms with Crippen molar-refractivity contribution in [1.29, 1.82) is 0 Å². The Hall–Kier alpha value is -1.46. The molecule has 0 aliphatic carbocycles. The van der Waals surface area contributed by atoms with E-state index in [1.165, 1.54) is 0 Å². The maximum Gasteiger partial charge on any atom is 0.308 e. The lowest BCUT2D eigenvalue weighted by atomic mass is 10.2. The van der Waals surface area contributed by atoms with Crippen molar-refractivity contribution in [2.75, 3.05) is 13.2 Å². The Kier molecular flexibility index (Phi) is 6.32. The van der Waals surface area contributed by atoms with Gasteiger partial charge in [-0.2, -0.15) is 0 Å². The molecular weight excluding hydrogens is 232 g/mol. The predicted octanol–water partition coefficient (Wildman–Crippen LogP) is 1.05. The Morgan fingerprint density at radius 1 is 1.56 bits per heavy atom. The molecule has 1 heterocycles. The Labute approximate surface area is 107 Å². The molecule has 1 aromatic rings. The van der Waals surface area contributed by atoms with Gasteiger partial charge in [0.1, 0.15) is 0 Å². The van der Waals surface area contributed by atoms with Crippen LogP contribution >= 0.6 is 0 Å². The number of aliphatic hydroxyl groups excluding tert-OH is 1. The number of ether oxygens (including phenoxy) is 1. The number of aliphatic hydroxyl groups is 1. The van der Waals surface area contributed by atoms with Crippen LogP contribution in [0.4, 0.5) is 0 Å². The molecule has 0 spiro atoms. The second-order valence-electron chi connectivity index (χ2n) is 4.05. The standard InChI is InChI=1S/C13H20N2O3/c1-3-18-13(17)8-11(16)9-15-10(2)12-6-4-5-7-14-12/h4-7,10-11,15-16H,3,8-9H2,1-2H3. The fourth-order valence-corrected chi connectivity index (χ4v) is 1.53. The number of hydrogen-bond donors (Lipinski definition) is 2. The van der Waals surface area contributed by atoms with Gasteiger partial charge in [-0.3, -0.25) is 9.78 Å². The van der Waals surface area contributed by atoms with Gasteiger partial charge in [0.2, 0.25) is 0 Å². The molecule has 0 aromatic carbocycles. The third-order valence-corrected chi connectivity index (χ3v) is 2.50. The summed E-state index contributed by atoms with van der Waals surface area (Å²) in [5.74, 6) is -0.378. The summed E-state index contributed by atoms with van der Waals surface area (Å²) in [5, 5.41) is 12.8. The monoisotopic (exact) mass is 252 g/mol. The highest BCUT2D eigenvalue weighted by Gasteiger charge is 2.13. The van der Waals surface area contributed by atoms with Gasteiger partial charge in [-0.25, -0.2) is 0 Å². The van der Waals surface area contributed by atoms with Gasteiger partial charge in [-0.05, 0) is 26.0 Å². The first kappa shape index (κ1) is 14.6. The number of nitrogens with one attached hydrogen (secondary N) is 1. The van der Waals surface area contributed by atoms with Crippen LogP contribution in [-0.2, 0) is 9.53 Å². The van der Waals surface area contributed by atoms with E-state index in [1.54, 1.807) is 13.1 Å². The van der Waals surface area contributed by atoms with Crippen LogP contribution < -0.4 is 5.32 Å². The van der Waals surface area contributed by atoms with Gasteiger partial charge < -0.3 is 15.2 Å². The third kappa shape index (κ3) is 5.25. The van der Waals surface area contributed by atoms with E-state index < -0.39 is 6.10 Å². The van der Waals surface area contributed by atoms with Crippen LogP contribution in [0.5, 0.6) is 0 Å². The smallest absolute Gasteiger partial charge is 0.308 e. The summed E-state index contributed by atoms with van der Waals surface area (Å²) in [6, 6.07) is 5.71. The number of aromatic nitrogens is 1. The number of nitrogens with zero attached hydrogens (tertiary/aromatic N) is 1. The van der Waals surface area contributed by atoms with Crippen molar-refractivity contribution in [3.8, 4) is 0 Å². The van der Waals surface area contributed by atoms with Crippen molar-refractivity contribution in [1.82, 2.24) is 10.3 Å². The molecule has 0 saturated heterocycles. The van der Waals surface area contributed by atoms with Crippen LogP contribution in [0.15, 0.2) is 24.4 Å². The molecule has 5 nitrogen and oxygen atoms in total. The average molecular weight is 252 g/mol. The van der Waals surface area contributed by atoms with Gasteiger partial charge in [0.05, 0.1) is 24.8 Å². The zero-order valence-electron chi connectivity index (χ0n) is 10.8. The van der Waals surface area contributed by atoms with Crippen LogP contribution in [0.3, 0.4) is 0 Å². The lowest BCUT2D eigenvalue weighted by Gasteiger charge is -2.16. The van der Waals surface area contributed by atoms with Gasteiger partial charge in [-0.1, -0.05) is 6.07 Å². The van der Waals surface area contributed by atoms with Crippen LogP contribution in [-0.4, -0.2) is 35.3 Å². The van der Waals surface area contributed by atoms with Crippen molar-refractivity contribution in [2.45, 2.75) is 32.4 Å². The summed E-state index contributed by atoms with van der Waals surface area (Å²) in [5.41, 5.74) is 0.904. The Balaban J connectivity index is 2.30. The van der Waals surface area contributed by atoms with E-state index in [1.807, 2.05) is 25.1 Å². The second kappa shape index (κ2) is 7.79. The molecule has 1 rings (SSSR count). The van der Waals surface area contributed by atoms with Gasteiger partial charge >= 0.3 is 5.97 Å². The molecule has 1 aromatic heterocycles. The van der Waals surface area contributed by atoms with Crippen molar-refractivity contribution in [3.63, 3.8) is 0 Å². The van der Waals surface area contributed by atoms with Gasteiger partial charge in [-0.15, -0.1) is 0 Å². The minimum absolute atomic E-state index is 0.00970. The Morgan fingerprint density at radius 2 is 2.33 bits per heavy atom. The number of rotatable bonds is 7.